The van der Waals surface area contributed by atoms with Crippen molar-refractivity contribution in [2.45, 2.75) is 19.4 Å². The Morgan fingerprint density at radius 2 is 1.70 bits per heavy atom. The lowest BCUT2D eigenvalue weighted by Crippen LogP contribution is -2.11. The molecule has 8 heteroatoms. The predicted octanol–water partition coefficient (Wildman–Crippen LogP) is 4.32. The Morgan fingerprint density at radius 1 is 0.963 bits per heavy atom. The summed E-state index contributed by atoms with van der Waals surface area (Å²) < 4.78 is 28.0. The van der Waals surface area contributed by atoms with Crippen molar-refractivity contribution < 1.29 is 8.78 Å². The molecule has 0 spiro atoms. The van der Waals surface area contributed by atoms with Crippen LogP contribution in [0.2, 0.25) is 0 Å². The van der Waals surface area contributed by atoms with E-state index in [2.05, 4.69) is 25.6 Å². The minimum Gasteiger partial charge on any atom is -0.361 e. The molecule has 0 aliphatic carbocycles. The minimum absolute atomic E-state index is 0.286. The van der Waals surface area contributed by atoms with Crippen LogP contribution in [-0.4, -0.2) is 25.0 Å². The van der Waals surface area contributed by atoms with Crippen LogP contribution in [0.1, 0.15) is 30.9 Å². The number of rotatable bonds is 5. The summed E-state index contributed by atoms with van der Waals surface area (Å²) in [6.45, 7) is 1.87. The molecule has 0 aliphatic rings. The molecule has 4 aromatic rings. The SMILES string of the molecule is CC(Nc1nc(C(F)F)nc2ccccc12)c1cn(-c2ccccc2)nn1. The Hall–Kier alpha value is -3.42. The zero-order valence-electron chi connectivity index (χ0n) is 14.4. The van der Waals surface area contributed by atoms with Gasteiger partial charge in [0.1, 0.15) is 11.5 Å². The van der Waals surface area contributed by atoms with E-state index in [-0.39, 0.29) is 6.04 Å². The monoisotopic (exact) mass is 366 g/mol. The summed E-state index contributed by atoms with van der Waals surface area (Å²) in [5.41, 5.74) is 2.02. The molecule has 0 amide bonds. The summed E-state index contributed by atoms with van der Waals surface area (Å²) in [6, 6.07) is 16.4. The highest BCUT2D eigenvalue weighted by Crippen LogP contribution is 2.27. The molecule has 0 bridgehead atoms. The van der Waals surface area contributed by atoms with Crippen molar-refractivity contribution in [3.8, 4) is 5.69 Å². The first-order valence-electron chi connectivity index (χ1n) is 8.41. The van der Waals surface area contributed by atoms with Gasteiger partial charge in [0, 0.05) is 5.39 Å². The van der Waals surface area contributed by atoms with E-state index < -0.39 is 12.2 Å². The van der Waals surface area contributed by atoms with Crippen LogP contribution in [-0.2, 0) is 0 Å². The number of anilines is 1. The van der Waals surface area contributed by atoms with Gasteiger partial charge in [0.05, 0.1) is 23.4 Å². The lowest BCUT2D eigenvalue weighted by Gasteiger charge is -2.14. The molecule has 0 saturated carbocycles. The summed E-state index contributed by atoms with van der Waals surface area (Å²) in [6.07, 6.45) is -0.950. The van der Waals surface area contributed by atoms with Crippen LogP contribution in [0.3, 0.4) is 0 Å². The molecule has 1 N–H and O–H groups in total. The average molecular weight is 366 g/mol. The highest BCUT2D eigenvalue weighted by molar-refractivity contribution is 5.89. The lowest BCUT2D eigenvalue weighted by molar-refractivity contribution is 0.141. The van der Waals surface area contributed by atoms with E-state index in [4.69, 9.17) is 0 Å². The van der Waals surface area contributed by atoms with Gasteiger partial charge in [-0.2, -0.15) is 0 Å². The largest absolute Gasteiger partial charge is 0.361 e. The molecule has 1 unspecified atom stereocenters. The number of hydrogen-bond donors (Lipinski definition) is 1. The Labute approximate surface area is 153 Å². The van der Waals surface area contributed by atoms with E-state index in [1.54, 1.807) is 29.1 Å². The lowest BCUT2D eigenvalue weighted by atomic mass is 10.2. The topological polar surface area (TPSA) is 68.5 Å². The van der Waals surface area contributed by atoms with Crippen LogP contribution < -0.4 is 5.32 Å². The second kappa shape index (κ2) is 7.06. The average Bonchev–Trinajstić information content (AvgIpc) is 3.19. The van der Waals surface area contributed by atoms with Crippen molar-refractivity contribution in [3.63, 3.8) is 0 Å². The van der Waals surface area contributed by atoms with Gasteiger partial charge in [-0.15, -0.1) is 5.10 Å². The second-order valence-corrected chi connectivity index (χ2v) is 6.04. The molecule has 2 aromatic heterocycles. The summed E-state index contributed by atoms with van der Waals surface area (Å²) >= 11 is 0. The van der Waals surface area contributed by atoms with Crippen LogP contribution >= 0.6 is 0 Å². The first-order chi connectivity index (χ1) is 13.1. The number of halogens is 2. The molecule has 1 atom stereocenters. The number of para-hydroxylation sites is 2. The number of alkyl halides is 2. The summed E-state index contributed by atoms with van der Waals surface area (Å²) in [5, 5.41) is 12.1. The van der Waals surface area contributed by atoms with Gasteiger partial charge in [0.15, 0.2) is 5.82 Å². The fourth-order valence-electron chi connectivity index (χ4n) is 2.76. The molecule has 27 heavy (non-hydrogen) atoms. The van der Waals surface area contributed by atoms with Crippen LogP contribution in [0.15, 0.2) is 60.8 Å². The van der Waals surface area contributed by atoms with E-state index in [9.17, 15) is 8.78 Å². The van der Waals surface area contributed by atoms with Gasteiger partial charge in [-0.05, 0) is 31.2 Å². The van der Waals surface area contributed by atoms with Gasteiger partial charge >= 0.3 is 0 Å². The molecule has 0 aliphatic heterocycles. The molecular weight excluding hydrogens is 350 g/mol. The third-order valence-corrected chi connectivity index (χ3v) is 4.14. The number of nitrogens with one attached hydrogen (secondary N) is 1. The van der Waals surface area contributed by atoms with E-state index in [0.29, 0.717) is 22.4 Å². The summed E-state index contributed by atoms with van der Waals surface area (Å²) in [5.74, 6) is -0.158. The number of aromatic nitrogens is 5. The molecule has 0 radical (unpaired) electrons. The Bertz CT molecular complexity index is 1060. The van der Waals surface area contributed by atoms with Crippen LogP contribution in [0, 0.1) is 0 Å². The molecule has 0 fully saturated rings. The van der Waals surface area contributed by atoms with Gasteiger partial charge in [-0.25, -0.2) is 23.4 Å². The first kappa shape index (κ1) is 17.0. The van der Waals surface area contributed by atoms with E-state index >= 15 is 0 Å². The number of fused-ring (bicyclic) bond motifs is 1. The normalized spacial score (nSPS) is 12.4. The highest BCUT2D eigenvalue weighted by atomic mass is 19.3. The van der Waals surface area contributed by atoms with Crippen molar-refractivity contribution in [1.29, 1.82) is 0 Å². The van der Waals surface area contributed by atoms with Crippen molar-refractivity contribution in [2.75, 3.05) is 5.32 Å². The fourth-order valence-corrected chi connectivity index (χ4v) is 2.76. The van der Waals surface area contributed by atoms with Crippen LogP contribution in [0.5, 0.6) is 0 Å². The van der Waals surface area contributed by atoms with Crippen molar-refractivity contribution in [3.05, 3.63) is 72.3 Å². The second-order valence-electron chi connectivity index (χ2n) is 6.04. The van der Waals surface area contributed by atoms with Crippen LogP contribution in [0.4, 0.5) is 14.6 Å². The number of hydrogen-bond acceptors (Lipinski definition) is 5. The predicted molar refractivity (Wildman–Crippen MR) is 97.9 cm³/mol. The van der Waals surface area contributed by atoms with Crippen molar-refractivity contribution >= 4 is 16.7 Å². The van der Waals surface area contributed by atoms with Gasteiger partial charge in [-0.1, -0.05) is 35.5 Å². The molecule has 2 heterocycles. The summed E-state index contributed by atoms with van der Waals surface area (Å²) in [4.78, 5) is 7.93. The Kier molecular flexibility index (Phi) is 4.45. The van der Waals surface area contributed by atoms with Gasteiger partial charge in [0.2, 0.25) is 0 Å². The first-order valence-corrected chi connectivity index (χ1v) is 8.41. The maximum Gasteiger partial charge on any atom is 0.297 e. The molecular formula is C19H16F2N6. The quantitative estimate of drug-likeness (QED) is 0.570. The molecule has 4 rings (SSSR count). The standard InChI is InChI=1S/C19H16F2N6/c1-12(16-11-27(26-25-16)13-7-3-2-4-8-13)22-18-14-9-5-6-10-15(14)23-19(24-18)17(20)21/h2-12,17H,1H3,(H,22,23,24). The van der Waals surface area contributed by atoms with Gasteiger partial charge < -0.3 is 5.32 Å². The molecule has 0 saturated heterocycles. The maximum atomic E-state index is 13.1. The van der Waals surface area contributed by atoms with Crippen molar-refractivity contribution in [1.82, 2.24) is 25.0 Å². The zero-order valence-corrected chi connectivity index (χ0v) is 14.4. The van der Waals surface area contributed by atoms with Gasteiger partial charge in [0.25, 0.3) is 6.43 Å². The zero-order chi connectivity index (χ0) is 18.8. The highest BCUT2D eigenvalue weighted by Gasteiger charge is 2.18. The van der Waals surface area contributed by atoms with E-state index in [0.717, 1.165) is 5.69 Å². The van der Waals surface area contributed by atoms with E-state index in [1.807, 2.05) is 43.3 Å². The minimum atomic E-state index is -2.75. The third kappa shape index (κ3) is 3.46. The van der Waals surface area contributed by atoms with Crippen LogP contribution in [0.25, 0.3) is 16.6 Å². The van der Waals surface area contributed by atoms with E-state index in [1.165, 1.54) is 0 Å². The Morgan fingerprint density at radius 3 is 2.48 bits per heavy atom. The number of benzene rings is 2. The number of nitrogens with zero attached hydrogens (tertiary/aromatic N) is 5. The smallest absolute Gasteiger partial charge is 0.297 e. The third-order valence-electron chi connectivity index (χ3n) is 4.14. The van der Waals surface area contributed by atoms with Gasteiger partial charge in [-0.3, -0.25) is 0 Å². The Balaban J connectivity index is 1.65. The molecule has 6 nitrogen and oxygen atoms in total. The fraction of sp³-hybridized carbons (Fsp3) is 0.158. The maximum absolute atomic E-state index is 13.1. The molecule has 136 valence electrons. The molecule has 2 aromatic carbocycles. The summed E-state index contributed by atoms with van der Waals surface area (Å²) in [7, 11) is 0. The van der Waals surface area contributed by atoms with Crippen molar-refractivity contribution in [2.24, 2.45) is 0 Å².